The Morgan fingerprint density at radius 3 is 2.69 bits per heavy atom. The number of benzene rings is 3. The van der Waals surface area contributed by atoms with Gasteiger partial charge in [0.1, 0.15) is 41.9 Å². The molecule has 10 heteroatoms. The number of nitrogens with zero attached hydrogens (tertiary/aromatic N) is 4. The largest absolute Gasteiger partial charge is 0.490 e. The zero-order valence-electron chi connectivity index (χ0n) is 23.0. The van der Waals surface area contributed by atoms with Crippen LogP contribution in [0.4, 0.5) is 4.39 Å². The van der Waals surface area contributed by atoms with Gasteiger partial charge in [-0.3, -0.25) is 4.90 Å². The minimum absolute atomic E-state index is 0.0695. The van der Waals surface area contributed by atoms with Crippen molar-refractivity contribution in [3.05, 3.63) is 89.0 Å². The zero-order chi connectivity index (χ0) is 29.1. The van der Waals surface area contributed by atoms with Crippen molar-refractivity contribution in [1.29, 1.82) is 5.26 Å². The van der Waals surface area contributed by atoms with Crippen LogP contribution in [-0.2, 0) is 24.4 Å². The standard InChI is InChI=1S/C32H31FN4O5/c33-24-5-7-30(23(15-24)17-34)41-20-21-2-1-3-26(14-21)42-25-8-11-36(12-9-25)19-31-35-28-6-4-22(32(38)39)16-29(28)37(31)18-27-10-13-40-27/h1-7,14-16,25,27H,8-13,18-20H2,(H,38,39). The third-order valence-corrected chi connectivity index (χ3v) is 7.81. The van der Waals surface area contributed by atoms with Crippen molar-refractivity contribution in [2.24, 2.45) is 0 Å². The number of hydrogen-bond donors (Lipinski definition) is 1. The van der Waals surface area contributed by atoms with Gasteiger partial charge in [-0.2, -0.15) is 5.26 Å². The first-order chi connectivity index (χ1) is 20.4. The average molecular weight is 571 g/mol. The summed E-state index contributed by atoms with van der Waals surface area (Å²) >= 11 is 0. The molecule has 9 nitrogen and oxygen atoms in total. The van der Waals surface area contributed by atoms with Crippen LogP contribution < -0.4 is 9.47 Å². The van der Waals surface area contributed by atoms with Gasteiger partial charge >= 0.3 is 5.97 Å². The number of imidazole rings is 1. The molecule has 1 aromatic heterocycles. The monoisotopic (exact) mass is 570 g/mol. The first-order valence-electron chi connectivity index (χ1n) is 14.1. The molecule has 4 aromatic rings. The van der Waals surface area contributed by atoms with Crippen molar-refractivity contribution >= 4 is 17.0 Å². The summed E-state index contributed by atoms with van der Waals surface area (Å²) in [5, 5.41) is 18.7. The van der Waals surface area contributed by atoms with Crippen LogP contribution in [-0.4, -0.2) is 57.4 Å². The molecule has 2 aliphatic heterocycles. The number of nitriles is 1. The van der Waals surface area contributed by atoms with Crippen LogP contribution in [0.5, 0.6) is 11.5 Å². The summed E-state index contributed by atoms with van der Waals surface area (Å²) in [6.07, 6.45) is 2.90. The van der Waals surface area contributed by atoms with E-state index in [0.717, 1.165) is 73.2 Å². The predicted molar refractivity (Wildman–Crippen MR) is 152 cm³/mol. The highest BCUT2D eigenvalue weighted by Gasteiger charge is 2.26. The Kier molecular flexibility index (Phi) is 8.04. The van der Waals surface area contributed by atoms with Crippen LogP contribution in [0.3, 0.4) is 0 Å². The van der Waals surface area contributed by atoms with Crippen molar-refractivity contribution in [3.8, 4) is 17.6 Å². The summed E-state index contributed by atoms with van der Waals surface area (Å²) in [6.45, 7) is 4.01. The van der Waals surface area contributed by atoms with E-state index >= 15 is 0 Å². The molecule has 0 aliphatic carbocycles. The highest BCUT2D eigenvalue weighted by Crippen LogP contribution is 2.26. The number of aromatic nitrogens is 2. The number of carboxylic acid groups (broad SMARTS) is 1. The van der Waals surface area contributed by atoms with Gasteiger partial charge in [0.25, 0.3) is 0 Å². The number of carbonyl (C=O) groups is 1. The lowest BCUT2D eigenvalue weighted by atomic mass is 10.1. The Bertz CT molecular complexity index is 1640. The predicted octanol–water partition coefficient (Wildman–Crippen LogP) is 5.16. The molecule has 1 atom stereocenters. The second kappa shape index (κ2) is 12.2. The molecule has 0 radical (unpaired) electrons. The van der Waals surface area contributed by atoms with E-state index in [1.54, 1.807) is 18.2 Å². The molecule has 3 heterocycles. The summed E-state index contributed by atoms with van der Waals surface area (Å²) in [7, 11) is 0. The van der Waals surface area contributed by atoms with Gasteiger partial charge in [0.2, 0.25) is 0 Å². The third-order valence-electron chi connectivity index (χ3n) is 7.81. The number of rotatable bonds is 10. The first kappa shape index (κ1) is 27.7. The normalized spacial score (nSPS) is 17.5. The molecular weight excluding hydrogens is 539 g/mol. The smallest absolute Gasteiger partial charge is 0.335 e. The zero-order valence-corrected chi connectivity index (χ0v) is 23.0. The summed E-state index contributed by atoms with van der Waals surface area (Å²) in [4.78, 5) is 18.8. The van der Waals surface area contributed by atoms with Gasteiger partial charge in [-0.15, -0.1) is 0 Å². The highest BCUT2D eigenvalue weighted by atomic mass is 19.1. The Morgan fingerprint density at radius 2 is 1.95 bits per heavy atom. The topological polar surface area (TPSA) is 110 Å². The molecule has 1 unspecified atom stereocenters. The van der Waals surface area contributed by atoms with Crippen molar-refractivity contribution in [3.63, 3.8) is 0 Å². The van der Waals surface area contributed by atoms with Crippen LogP contribution >= 0.6 is 0 Å². The van der Waals surface area contributed by atoms with E-state index in [1.165, 1.54) is 12.1 Å². The number of ether oxygens (including phenoxy) is 3. The van der Waals surface area contributed by atoms with Crippen molar-refractivity contribution < 1.29 is 28.5 Å². The van der Waals surface area contributed by atoms with E-state index in [1.807, 2.05) is 30.3 Å². The SMILES string of the molecule is N#Cc1cc(F)ccc1OCc1cccc(OC2CCN(Cc3nc4ccc(C(=O)O)cc4n3CC3CCO3)CC2)c1. The van der Waals surface area contributed by atoms with E-state index in [4.69, 9.17) is 19.2 Å². The molecule has 216 valence electrons. The number of likely N-dealkylation sites (tertiary alicyclic amines) is 1. The molecule has 0 bridgehead atoms. The Hall–Kier alpha value is -4.46. The van der Waals surface area contributed by atoms with Gasteiger partial charge in [0, 0.05) is 19.7 Å². The van der Waals surface area contributed by atoms with Gasteiger partial charge in [-0.05, 0) is 73.4 Å². The van der Waals surface area contributed by atoms with Crippen LogP contribution in [0.1, 0.15) is 46.6 Å². The lowest BCUT2D eigenvalue weighted by molar-refractivity contribution is -0.0592. The minimum atomic E-state index is -0.952. The van der Waals surface area contributed by atoms with E-state index < -0.39 is 11.8 Å². The molecule has 2 aliphatic rings. The van der Waals surface area contributed by atoms with Gasteiger partial charge in [0.05, 0.1) is 41.4 Å². The fourth-order valence-electron chi connectivity index (χ4n) is 5.43. The molecule has 0 amide bonds. The van der Waals surface area contributed by atoms with Crippen LogP contribution in [0.2, 0.25) is 0 Å². The van der Waals surface area contributed by atoms with E-state index in [-0.39, 0.29) is 29.9 Å². The number of piperidine rings is 1. The van der Waals surface area contributed by atoms with E-state index in [0.29, 0.717) is 18.8 Å². The average Bonchev–Trinajstić information content (AvgIpc) is 3.31. The molecule has 0 saturated carbocycles. The summed E-state index contributed by atoms with van der Waals surface area (Å²) in [5.41, 5.74) is 2.91. The molecule has 6 rings (SSSR count). The molecular formula is C32H31FN4O5. The summed E-state index contributed by atoms with van der Waals surface area (Å²) in [6, 6.07) is 18.6. The first-order valence-corrected chi connectivity index (χ1v) is 14.1. The van der Waals surface area contributed by atoms with Crippen LogP contribution in [0.15, 0.2) is 60.7 Å². The maximum atomic E-state index is 13.4. The molecule has 3 aromatic carbocycles. The maximum absolute atomic E-state index is 13.4. The van der Waals surface area contributed by atoms with Gasteiger partial charge < -0.3 is 23.9 Å². The second-order valence-electron chi connectivity index (χ2n) is 10.7. The fourth-order valence-corrected chi connectivity index (χ4v) is 5.43. The van der Waals surface area contributed by atoms with Gasteiger partial charge in [-0.1, -0.05) is 12.1 Å². The van der Waals surface area contributed by atoms with Crippen molar-refractivity contribution in [2.45, 2.75) is 51.2 Å². The Balaban J connectivity index is 1.06. The number of carboxylic acids is 1. The van der Waals surface area contributed by atoms with Crippen molar-refractivity contribution in [1.82, 2.24) is 14.5 Å². The van der Waals surface area contributed by atoms with Gasteiger partial charge in [-0.25, -0.2) is 14.2 Å². The summed E-state index contributed by atoms with van der Waals surface area (Å²) < 4.78 is 33.3. The third kappa shape index (κ3) is 6.22. The quantitative estimate of drug-likeness (QED) is 0.279. The molecule has 2 saturated heterocycles. The molecule has 0 spiro atoms. The highest BCUT2D eigenvalue weighted by molar-refractivity contribution is 5.92. The number of fused-ring (bicyclic) bond motifs is 1. The lowest BCUT2D eigenvalue weighted by Crippen LogP contribution is -2.39. The Morgan fingerprint density at radius 1 is 1.12 bits per heavy atom. The second-order valence-corrected chi connectivity index (χ2v) is 10.7. The molecule has 1 N–H and O–H groups in total. The van der Waals surface area contributed by atoms with Gasteiger partial charge in [0.15, 0.2) is 0 Å². The van der Waals surface area contributed by atoms with Crippen molar-refractivity contribution in [2.75, 3.05) is 19.7 Å². The minimum Gasteiger partial charge on any atom is -0.490 e. The summed E-state index contributed by atoms with van der Waals surface area (Å²) in [5.74, 6) is 0.582. The van der Waals surface area contributed by atoms with E-state index in [2.05, 4.69) is 9.47 Å². The maximum Gasteiger partial charge on any atom is 0.335 e. The number of halogens is 1. The number of aromatic carboxylic acids is 1. The van der Waals surface area contributed by atoms with Crippen LogP contribution in [0.25, 0.3) is 11.0 Å². The van der Waals surface area contributed by atoms with Crippen LogP contribution in [0, 0.1) is 17.1 Å². The van der Waals surface area contributed by atoms with E-state index in [9.17, 15) is 19.6 Å². The fraction of sp³-hybridized carbons (Fsp3) is 0.344. The molecule has 42 heavy (non-hydrogen) atoms. The lowest BCUT2D eigenvalue weighted by Gasteiger charge is -2.32. The Labute approximate surface area is 242 Å². The number of hydrogen-bond acceptors (Lipinski definition) is 7. The molecule has 2 fully saturated rings.